The van der Waals surface area contributed by atoms with Crippen LogP contribution in [0.3, 0.4) is 0 Å². The first-order valence-corrected chi connectivity index (χ1v) is 16.4. The summed E-state index contributed by atoms with van der Waals surface area (Å²) in [7, 11) is -3.48. The maximum atomic E-state index is 13.6. The fourth-order valence-electron chi connectivity index (χ4n) is 6.28. The molecule has 1 heterocycles. The Kier molecular flexibility index (Phi) is 7.35. The molecule has 0 amide bonds. The quantitative estimate of drug-likeness (QED) is 0.166. The normalized spacial score (nSPS) is 20.0. The van der Waals surface area contributed by atoms with E-state index in [4.69, 9.17) is 0 Å². The predicted molar refractivity (Wildman–Crippen MR) is 163 cm³/mol. The smallest absolute Gasteiger partial charge is 0.181 e. The van der Waals surface area contributed by atoms with Gasteiger partial charge in [-0.25, -0.2) is 12.7 Å². The monoisotopic (exact) mass is 586 g/mol. The van der Waals surface area contributed by atoms with E-state index < -0.39 is 9.84 Å². The first kappa shape index (κ1) is 27.8. The van der Waals surface area contributed by atoms with Crippen LogP contribution in [0.1, 0.15) is 56.2 Å². The number of benzene rings is 3. The summed E-state index contributed by atoms with van der Waals surface area (Å²) in [5.74, 6) is 0. The van der Waals surface area contributed by atoms with Crippen molar-refractivity contribution < 1.29 is 13.6 Å². The number of fused-ring (bicyclic) bond motifs is 3. The van der Waals surface area contributed by atoms with Crippen LogP contribution in [0.4, 0.5) is 5.69 Å². The van der Waals surface area contributed by atoms with E-state index in [0.717, 1.165) is 66.3 Å². The standard InChI is InChI=1S/C32H34N4O3S2/c1-32(2)13-11-24(12-14-32)41(38,39)25-8-10-27-26-9-7-23(19-28(26)31(34-37)29(27)20-25)40-36-17-15-35(16-18-36)30-6-4-3-5-22(30)21-33/h3-10,19-20,24,37H,11-18H2,1-2H3/b34-31-. The van der Waals surface area contributed by atoms with Gasteiger partial charge in [-0.3, -0.25) is 0 Å². The average Bonchev–Trinajstić information content (AvgIpc) is 3.29. The molecule has 1 N–H and O–H groups in total. The number of piperazine rings is 1. The second-order valence-corrected chi connectivity index (χ2v) is 15.3. The van der Waals surface area contributed by atoms with Gasteiger partial charge in [0, 0.05) is 42.2 Å². The van der Waals surface area contributed by atoms with E-state index >= 15 is 0 Å². The third-order valence-corrected chi connectivity index (χ3v) is 12.1. The molecule has 3 aliphatic rings. The number of para-hydroxylation sites is 1. The molecule has 0 spiro atoms. The molecule has 1 saturated carbocycles. The van der Waals surface area contributed by atoms with Crippen molar-refractivity contribution in [3.63, 3.8) is 0 Å². The van der Waals surface area contributed by atoms with Gasteiger partial charge in [0.25, 0.3) is 0 Å². The molecule has 0 bridgehead atoms. The Hall–Kier alpha value is -3.32. The van der Waals surface area contributed by atoms with E-state index in [1.807, 2.05) is 42.5 Å². The average molecular weight is 587 g/mol. The van der Waals surface area contributed by atoms with Crippen LogP contribution >= 0.6 is 11.9 Å². The first-order valence-electron chi connectivity index (χ1n) is 14.1. The predicted octanol–water partition coefficient (Wildman–Crippen LogP) is 6.34. The molecule has 0 radical (unpaired) electrons. The van der Waals surface area contributed by atoms with Gasteiger partial charge in [-0.1, -0.05) is 43.3 Å². The van der Waals surface area contributed by atoms with Gasteiger partial charge in [-0.05, 0) is 90.6 Å². The van der Waals surface area contributed by atoms with Crippen molar-refractivity contribution in [2.24, 2.45) is 10.6 Å². The third kappa shape index (κ3) is 5.25. The summed E-state index contributed by atoms with van der Waals surface area (Å²) < 4.78 is 29.4. The van der Waals surface area contributed by atoms with Gasteiger partial charge in [0.05, 0.1) is 21.4 Å². The summed E-state index contributed by atoms with van der Waals surface area (Å²) >= 11 is 1.66. The summed E-state index contributed by atoms with van der Waals surface area (Å²) in [6.45, 7) is 7.72. The van der Waals surface area contributed by atoms with E-state index in [-0.39, 0.29) is 10.7 Å². The Labute approximate surface area is 246 Å². The topological polar surface area (TPSA) is 97.0 Å². The van der Waals surface area contributed by atoms with Gasteiger partial charge in [0.1, 0.15) is 11.8 Å². The van der Waals surface area contributed by atoms with Crippen molar-refractivity contribution >= 4 is 33.2 Å². The lowest BCUT2D eigenvalue weighted by Gasteiger charge is -2.35. The van der Waals surface area contributed by atoms with Crippen LogP contribution in [0.25, 0.3) is 11.1 Å². The highest BCUT2D eigenvalue weighted by Gasteiger charge is 2.36. The number of hydrogen-bond acceptors (Lipinski definition) is 8. The molecule has 1 saturated heterocycles. The number of anilines is 1. The van der Waals surface area contributed by atoms with Gasteiger partial charge < -0.3 is 10.1 Å². The molecule has 0 aromatic heterocycles. The molecule has 212 valence electrons. The Morgan fingerprint density at radius 1 is 0.927 bits per heavy atom. The van der Waals surface area contributed by atoms with Crippen LogP contribution in [-0.2, 0) is 9.84 Å². The molecule has 2 aliphatic carbocycles. The van der Waals surface area contributed by atoms with Crippen LogP contribution < -0.4 is 4.90 Å². The Bertz CT molecular complexity index is 1660. The molecule has 0 unspecified atom stereocenters. The van der Waals surface area contributed by atoms with Gasteiger partial charge in [-0.15, -0.1) is 0 Å². The second kappa shape index (κ2) is 10.8. The minimum atomic E-state index is -3.48. The maximum Gasteiger partial charge on any atom is 0.181 e. The number of rotatable bonds is 5. The molecule has 41 heavy (non-hydrogen) atoms. The van der Waals surface area contributed by atoms with Crippen molar-refractivity contribution in [3.05, 3.63) is 77.4 Å². The molecule has 1 aliphatic heterocycles. The number of hydrogen-bond donors (Lipinski definition) is 1. The van der Waals surface area contributed by atoms with Gasteiger partial charge in [0.2, 0.25) is 0 Å². The molecular weight excluding hydrogens is 553 g/mol. The Morgan fingerprint density at radius 2 is 1.59 bits per heavy atom. The maximum absolute atomic E-state index is 13.6. The zero-order valence-electron chi connectivity index (χ0n) is 23.4. The highest BCUT2D eigenvalue weighted by Crippen LogP contribution is 2.43. The minimum absolute atomic E-state index is 0.189. The summed E-state index contributed by atoms with van der Waals surface area (Å²) in [5, 5.41) is 22.8. The van der Waals surface area contributed by atoms with E-state index in [1.54, 1.807) is 24.1 Å². The van der Waals surface area contributed by atoms with E-state index in [9.17, 15) is 18.9 Å². The summed E-state index contributed by atoms with van der Waals surface area (Å²) in [6.07, 6.45) is 3.15. The van der Waals surface area contributed by atoms with Gasteiger partial charge in [0.15, 0.2) is 9.84 Å². The fourth-order valence-corrected chi connectivity index (χ4v) is 9.01. The summed E-state index contributed by atoms with van der Waals surface area (Å²) in [4.78, 5) is 3.59. The van der Waals surface area contributed by atoms with Crippen molar-refractivity contribution in [3.8, 4) is 17.2 Å². The van der Waals surface area contributed by atoms with Crippen molar-refractivity contribution in [1.82, 2.24) is 4.31 Å². The molecule has 0 atom stereocenters. The Balaban J connectivity index is 1.18. The molecule has 3 aromatic rings. The number of sulfone groups is 1. The van der Waals surface area contributed by atoms with Gasteiger partial charge >= 0.3 is 0 Å². The van der Waals surface area contributed by atoms with Crippen molar-refractivity contribution in [1.29, 1.82) is 5.26 Å². The van der Waals surface area contributed by atoms with E-state index in [0.29, 0.717) is 34.6 Å². The SMILES string of the molecule is CC1(C)CCC(S(=O)(=O)c2ccc3c(c2)/C(=N\O)c2cc(SN4CCN(c5ccccc5C#N)CC4)ccc2-3)CC1. The number of nitrogens with zero attached hydrogens (tertiary/aromatic N) is 4. The lowest BCUT2D eigenvalue weighted by atomic mass is 9.77. The minimum Gasteiger partial charge on any atom is -0.410 e. The molecule has 7 nitrogen and oxygen atoms in total. The van der Waals surface area contributed by atoms with Crippen molar-refractivity contribution in [2.45, 2.75) is 54.6 Å². The van der Waals surface area contributed by atoms with Crippen LogP contribution in [0.5, 0.6) is 0 Å². The second-order valence-electron chi connectivity index (χ2n) is 11.9. The zero-order valence-corrected chi connectivity index (χ0v) is 25.0. The first-order chi connectivity index (χ1) is 19.7. The molecule has 3 aromatic carbocycles. The summed E-state index contributed by atoms with van der Waals surface area (Å²) in [6, 6.07) is 21.4. The van der Waals surface area contributed by atoms with Gasteiger partial charge in [-0.2, -0.15) is 5.26 Å². The lowest BCUT2D eigenvalue weighted by Crippen LogP contribution is -2.43. The van der Waals surface area contributed by atoms with Crippen molar-refractivity contribution in [2.75, 3.05) is 31.1 Å². The molecule has 2 fully saturated rings. The zero-order chi connectivity index (χ0) is 28.8. The number of nitriles is 1. The molecule has 9 heteroatoms. The van der Waals surface area contributed by atoms with E-state index in [2.05, 4.69) is 40.3 Å². The van der Waals surface area contributed by atoms with Crippen LogP contribution in [0.15, 0.2) is 75.6 Å². The highest BCUT2D eigenvalue weighted by atomic mass is 32.2. The third-order valence-electron chi connectivity index (χ3n) is 8.77. The lowest BCUT2D eigenvalue weighted by molar-refractivity contribution is 0.246. The molecule has 6 rings (SSSR count). The molecular formula is C32H34N4O3S2. The van der Waals surface area contributed by atoms with E-state index in [1.165, 1.54) is 0 Å². The van der Waals surface area contributed by atoms with Crippen LogP contribution in [0, 0.1) is 16.7 Å². The van der Waals surface area contributed by atoms with Crippen LogP contribution in [-0.4, -0.2) is 55.1 Å². The fraction of sp³-hybridized carbons (Fsp3) is 0.375. The highest BCUT2D eigenvalue weighted by molar-refractivity contribution is 7.97. The summed E-state index contributed by atoms with van der Waals surface area (Å²) in [5.41, 5.74) is 5.57. The Morgan fingerprint density at radius 3 is 2.27 bits per heavy atom. The van der Waals surface area contributed by atoms with Crippen LogP contribution in [0.2, 0.25) is 0 Å². The largest absolute Gasteiger partial charge is 0.410 e. The number of oxime groups is 1.